The van der Waals surface area contributed by atoms with E-state index in [1.807, 2.05) is 44.1 Å². The minimum Gasteiger partial charge on any atom is -0.495 e. The monoisotopic (exact) mass is 656 g/mol. The molecular weight excluding hydrogens is 620 g/mol. The molecule has 0 spiro atoms. The quantitative estimate of drug-likeness (QED) is 0.136. The van der Waals surface area contributed by atoms with Crippen LogP contribution in [0.5, 0.6) is 5.75 Å². The van der Waals surface area contributed by atoms with Crippen LogP contribution in [0.4, 0.5) is 5.95 Å². The second-order valence-corrected chi connectivity index (χ2v) is 13.6. The fourth-order valence-electron chi connectivity index (χ4n) is 5.93. The Labute approximate surface area is 272 Å². The number of nitrogens with zero attached hydrogens (tertiary/aromatic N) is 5. The van der Waals surface area contributed by atoms with E-state index in [-0.39, 0.29) is 21.4 Å². The molecule has 0 amide bonds. The predicted molar refractivity (Wildman–Crippen MR) is 182 cm³/mol. The summed E-state index contributed by atoms with van der Waals surface area (Å²) in [6, 6.07) is 12.8. The molecule has 6 rings (SSSR count). The molecule has 2 unspecified atom stereocenters. The van der Waals surface area contributed by atoms with E-state index in [1.165, 1.54) is 12.3 Å². The van der Waals surface area contributed by atoms with E-state index in [2.05, 4.69) is 20.6 Å². The van der Waals surface area contributed by atoms with Crippen molar-refractivity contribution in [3.63, 3.8) is 0 Å². The topological polar surface area (TPSA) is 160 Å². The molecule has 0 aliphatic heterocycles. The van der Waals surface area contributed by atoms with Crippen LogP contribution in [-0.4, -0.2) is 83.5 Å². The van der Waals surface area contributed by atoms with Gasteiger partial charge in [0.05, 0.1) is 23.2 Å². The number of nitro groups is 1. The van der Waals surface area contributed by atoms with Gasteiger partial charge in [-0.1, -0.05) is 35.9 Å². The summed E-state index contributed by atoms with van der Waals surface area (Å²) in [6.07, 6.45) is 8.85. The molecule has 244 valence electrons. The fourth-order valence-corrected chi connectivity index (χ4v) is 7.23. The normalized spacial score (nSPS) is 18.2. The first-order valence-corrected chi connectivity index (χ1v) is 16.4. The van der Waals surface area contributed by atoms with Crippen molar-refractivity contribution in [1.29, 1.82) is 0 Å². The third-order valence-corrected chi connectivity index (χ3v) is 10.3. The van der Waals surface area contributed by atoms with E-state index < -0.39 is 21.6 Å². The smallest absolute Gasteiger partial charge is 0.269 e. The maximum absolute atomic E-state index is 13.9. The first-order valence-electron chi connectivity index (χ1n) is 15.0. The third kappa shape index (κ3) is 5.75. The van der Waals surface area contributed by atoms with Crippen molar-refractivity contribution in [2.75, 3.05) is 40.1 Å². The number of benzene rings is 2. The minimum atomic E-state index is -4.04. The molecule has 0 fully saturated rings. The number of hydrogen-bond acceptors (Lipinski definition) is 10. The predicted octanol–water partition coefficient (Wildman–Crippen LogP) is 4.55. The van der Waals surface area contributed by atoms with Gasteiger partial charge in [0, 0.05) is 45.4 Å². The lowest BCUT2D eigenvalue weighted by Crippen LogP contribution is -2.56. The van der Waals surface area contributed by atoms with Crippen LogP contribution in [0.3, 0.4) is 0 Å². The highest BCUT2D eigenvalue weighted by molar-refractivity contribution is 7.90. The Morgan fingerprint density at radius 1 is 1.13 bits per heavy atom. The van der Waals surface area contributed by atoms with Gasteiger partial charge in [0.15, 0.2) is 5.65 Å². The third-order valence-electron chi connectivity index (χ3n) is 8.59. The maximum atomic E-state index is 13.9. The van der Waals surface area contributed by atoms with E-state index in [1.54, 1.807) is 62.8 Å². The number of aromatic amines is 1. The van der Waals surface area contributed by atoms with Crippen LogP contribution in [-0.2, 0) is 10.0 Å². The lowest BCUT2D eigenvalue weighted by Gasteiger charge is -2.35. The summed E-state index contributed by atoms with van der Waals surface area (Å²) in [6.45, 7) is 2.52. The van der Waals surface area contributed by atoms with Crippen LogP contribution < -0.4 is 15.4 Å². The number of rotatable bonds is 11. The number of allylic oxidation sites excluding steroid dienone is 1. The van der Waals surface area contributed by atoms with Crippen molar-refractivity contribution < 1.29 is 18.1 Å². The molecule has 1 aliphatic carbocycles. The van der Waals surface area contributed by atoms with Gasteiger partial charge in [-0.2, -0.15) is 4.98 Å². The number of fused-ring (bicyclic) bond motifs is 2. The van der Waals surface area contributed by atoms with Crippen molar-refractivity contribution in [3.05, 3.63) is 101 Å². The largest absolute Gasteiger partial charge is 0.495 e. The summed E-state index contributed by atoms with van der Waals surface area (Å²) in [5.74, 6) is 0.717. The van der Waals surface area contributed by atoms with E-state index >= 15 is 0 Å². The van der Waals surface area contributed by atoms with Crippen molar-refractivity contribution >= 4 is 37.9 Å². The average molecular weight is 657 g/mol. The Morgan fingerprint density at radius 2 is 1.89 bits per heavy atom. The standard InChI is InChI=1S/C33H36N8O5S/c1-21-9-11-23(12-10-21)47(44,45)40-17-14-25-29(26-20-35-30-24(26)7-6-8-27(30)46-5)37-32(38-31(25)40)36-22-13-15-33(34-2,16-18-39(3)4)28(19-22)41(42)43/h6-15,17,19-20,28,34-35H,16,18H2,1-5H3,(H,36,37,38). The van der Waals surface area contributed by atoms with Gasteiger partial charge >= 0.3 is 0 Å². The number of nitrogens with one attached hydrogen (secondary N) is 3. The Hall–Kier alpha value is -5.05. The highest BCUT2D eigenvalue weighted by atomic mass is 32.2. The number of para-hydroxylation sites is 1. The van der Waals surface area contributed by atoms with Gasteiger partial charge in [0.2, 0.25) is 5.95 Å². The number of anilines is 1. The zero-order valence-corrected chi connectivity index (χ0v) is 27.5. The Kier molecular flexibility index (Phi) is 8.34. The molecular formula is C33H36N8O5S. The summed E-state index contributed by atoms with van der Waals surface area (Å²) < 4.78 is 34.5. The number of aromatic nitrogens is 4. The second-order valence-electron chi connectivity index (χ2n) is 11.8. The molecule has 0 saturated carbocycles. The number of ether oxygens (including phenoxy) is 1. The summed E-state index contributed by atoms with van der Waals surface area (Å²) in [4.78, 5) is 26.9. The molecule has 13 nitrogen and oxygen atoms in total. The maximum Gasteiger partial charge on any atom is 0.269 e. The summed E-state index contributed by atoms with van der Waals surface area (Å²) >= 11 is 0. The average Bonchev–Trinajstić information content (AvgIpc) is 3.69. The molecule has 47 heavy (non-hydrogen) atoms. The molecule has 3 N–H and O–H groups in total. The second kappa shape index (κ2) is 12.3. The molecule has 0 saturated heterocycles. The van der Waals surface area contributed by atoms with Crippen molar-refractivity contribution in [3.8, 4) is 17.0 Å². The van der Waals surface area contributed by atoms with Crippen molar-refractivity contribution in [2.45, 2.75) is 29.8 Å². The highest BCUT2D eigenvalue weighted by Gasteiger charge is 2.44. The van der Waals surface area contributed by atoms with Gasteiger partial charge in [-0.15, -0.1) is 0 Å². The number of hydrogen-bond donors (Lipinski definition) is 3. The Balaban J connectivity index is 1.50. The van der Waals surface area contributed by atoms with Crippen LogP contribution in [0.15, 0.2) is 89.7 Å². The van der Waals surface area contributed by atoms with Gasteiger partial charge in [-0.25, -0.2) is 17.4 Å². The zero-order chi connectivity index (χ0) is 33.5. The first-order chi connectivity index (χ1) is 22.5. The van der Waals surface area contributed by atoms with Gasteiger partial charge in [-0.05, 0) is 71.4 Å². The zero-order valence-electron chi connectivity index (χ0n) is 26.7. The number of likely N-dealkylation sites (N-methyl/N-ethyl adjacent to an activating group) is 1. The lowest BCUT2D eigenvalue weighted by atomic mass is 9.82. The Morgan fingerprint density at radius 3 is 2.57 bits per heavy atom. The number of H-pyrrole nitrogens is 1. The van der Waals surface area contributed by atoms with Gasteiger partial charge in [-0.3, -0.25) is 10.1 Å². The number of methoxy groups -OCH3 is 1. The van der Waals surface area contributed by atoms with Crippen LogP contribution in [0.2, 0.25) is 0 Å². The van der Waals surface area contributed by atoms with Crippen molar-refractivity contribution in [2.24, 2.45) is 0 Å². The van der Waals surface area contributed by atoms with Crippen molar-refractivity contribution in [1.82, 2.24) is 29.1 Å². The first kappa shape index (κ1) is 31.9. The van der Waals surface area contributed by atoms with E-state index in [0.29, 0.717) is 41.1 Å². The SMILES string of the molecule is CNC1(CCN(C)C)C=CC(Nc2nc(-c3c[nH]c4c(OC)cccc34)c3ccn(S(=O)(=O)c4ccc(C)cc4)c3n2)=CC1[N+](=O)[O-]. The fraction of sp³-hybridized carbons (Fsp3) is 0.273. The number of aryl methyl sites for hydroxylation is 1. The van der Waals surface area contributed by atoms with Gasteiger partial charge in [0.1, 0.15) is 11.3 Å². The lowest BCUT2D eigenvalue weighted by molar-refractivity contribution is -0.519. The minimum absolute atomic E-state index is 0.0760. The van der Waals surface area contributed by atoms with E-state index in [4.69, 9.17) is 9.72 Å². The molecule has 2 aromatic carbocycles. The molecule has 14 heteroatoms. The van der Waals surface area contributed by atoms with Gasteiger partial charge in [0.25, 0.3) is 16.1 Å². The van der Waals surface area contributed by atoms with Crippen LogP contribution >= 0.6 is 0 Å². The highest BCUT2D eigenvalue weighted by Crippen LogP contribution is 2.37. The van der Waals surface area contributed by atoms with E-state index in [9.17, 15) is 18.5 Å². The summed E-state index contributed by atoms with van der Waals surface area (Å²) in [7, 11) is 3.10. The molecule has 0 radical (unpaired) electrons. The van der Waals surface area contributed by atoms with Gasteiger partial charge < -0.3 is 25.3 Å². The molecule has 3 heterocycles. The molecule has 3 aromatic heterocycles. The molecule has 2 atom stereocenters. The molecule has 0 bridgehead atoms. The van der Waals surface area contributed by atoms with Crippen LogP contribution in [0.25, 0.3) is 33.2 Å². The van der Waals surface area contributed by atoms with Crippen LogP contribution in [0, 0.1) is 17.0 Å². The molecule has 5 aromatic rings. The van der Waals surface area contributed by atoms with E-state index in [0.717, 1.165) is 20.4 Å². The molecule has 1 aliphatic rings. The summed E-state index contributed by atoms with van der Waals surface area (Å²) in [5, 5.41) is 20.0. The van der Waals surface area contributed by atoms with Crippen LogP contribution in [0.1, 0.15) is 12.0 Å². The Bertz CT molecular complexity index is 2150. The summed E-state index contributed by atoms with van der Waals surface area (Å²) in [5.41, 5.74) is 2.51.